The van der Waals surface area contributed by atoms with Gasteiger partial charge in [0.05, 0.1) is 12.8 Å². The number of nitrogen functional groups attached to an aromatic ring is 1. The zero-order valence-corrected chi connectivity index (χ0v) is 9.40. The second kappa shape index (κ2) is 4.70. The molecule has 94 valence electrons. The second-order valence-corrected chi connectivity index (χ2v) is 3.34. The summed E-state index contributed by atoms with van der Waals surface area (Å²) < 4.78 is 18.4. The van der Waals surface area contributed by atoms with Crippen LogP contribution in [0.1, 0.15) is 10.6 Å². The number of ether oxygens (including phenoxy) is 1. The molecule has 0 aliphatic heterocycles. The molecule has 7 nitrogen and oxygen atoms in total. The summed E-state index contributed by atoms with van der Waals surface area (Å²) in [6.07, 6.45) is 0. The molecular formula is C10H10FN5O2. The number of benzene rings is 1. The highest BCUT2D eigenvalue weighted by atomic mass is 19.1. The van der Waals surface area contributed by atoms with Crippen LogP contribution >= 0.6 is 0 Å². The Morgan fingerprint density at radius 2 is 2.33 bits per heavy atom. The Labute approximate surface area is 101 Å². The predicted molar refractivity (Wildman–Crippen MR) is 61.7 cm³/mol. The highest BCUT2D eigenvalue weighted by Crippen LogP contribution is 2.21. The third kappa shape index (κ3) is 2.37. The number of nitrogens with two attached hydrogens (primary N) is 1. The van der Waals surface area contributed by atoms with E-state index in [0.717, 1.165) is 0 Å². The lowest BCUT2D eigenvalue weighted by molar-refractivity contribution is 0.101. The molecule has 1 aromatic carbocycles. The molecule has 0 saturated heterocycles. The van der Waals surface area contributed by atoms with E-state index in [1.165, 1.54) is 25.3 Å². The average Bonchev–Trinajstić information content (AvgIpc) is 2.79. The number of methoxy groups -OCH3 is 1. The van der Waals surface area contributed by atoms with Crippen molar-refractivity contribution in [2.45, 2.75) is 0 Å². The number of carbonyl (C=O) groups is 1. The largest absolute Gasteiger partial charge is 0.497 e. The van der Waals surface area contributed by atoms with Crippen molar-refractivity contribution in [1.82, 2.24) is 15.2 Å². The van der Waals surface area contributed by atoms with Gasteiger partial charge in [-0.3, -0.25) is 9.89 Å². The van der Waals surface area contributed by atoms with E-state index < -0.39 is 11.7 Å². The van der Waals surface area contributed by atoms with E-state index in [1.807, 2.05) is 0 Å². The standard InChI is InChI=1S/C10H10FN5O2/c1-18-5-2-3-6(11)7(4-5)13-9(17)8-14-10(12)16-15-8/h2-4H,1H3,(H,13,17)(H3,12,14,15,16). The molecule has 2 rings (SSSR count). The molecule has 0 bridgehead atoms. The molecule has 8 heteroatoms. The third-order valence-electron chi connectivity index (χ3n) is 2.14. The Hall–Kier alpha value is -2.64. The van der Waals surface area contributed by atoms with E-state index in [4.69, 9.17) is 10.5 Å². The lowest BCUT2D eigenvalue weighted by Crippen LogP contribution is -2.15. The predicted octanol–water partition coefficient (Wildman–Crippen LogP) is 0.787. The summed E-state index contributed by atoms with van der Waals surface area (Å²) in [7, 11) is 1.44. The second-order valence-electron chi connectivity index (χ2n) is 3.34. The number of hydrogen-bond donors (Lipinski definition) is 3. The van der Waals surface area contributed by atoms with Gasteiger partial charge in [-0.15, -0.1) is 5.10 Å². The molecule has 1 amide bonds. The number of halogens is 1. The van der Waals surface area contributed by atoms with E-state index in [2.05, 4.69) is 20.5 Å². The fourth-order valence-electron chi connectivity index (χ4n) is 1.28. The van der Waals surface area contributed by atoms with E-state index in [1.54, 1.807) is 0 Å². The first-order valence-corrected chi connectivity index (χ1v) is 4.93. The number of amides is 1. The Kier molecular flexibility index (Phi) is 3.09. The Balaban J connectivity index is 2.21. The van der Waals surface area contributed by atoms with Crippen LogP contribution in [0.2, 0.25) is 0 Å². The van der Waals surface area contributed by atoms with Crippen LogP contribution in [0.4, 0.5) is 16.0 Å². The van der Waals surface area contributed by atoms with E-state index in [0.29, 0.717) is 5.75 Å². The summed E-state index contributed by atoms with van der Waals surface area (Å²) >= 11 is 0. The van der Waals surface area contributed by atoms with E-state index in [9.17, 15) is 9.18 Å². The van der Waals surface area contributed by atoms with Crippen molar-refractivity contribution in [3.05, 3.63) is 29.8 Å². The molecule has 1 aromatic heterocycles. The molecule has 18 heavy (non-hydrogen) atoms. The fraction of sp³-hybridized carbons (Fsp3) is 0.100. The van der Waals surface area contributed by atoms with Gasteiger partial charge in [0.25, 0.3) is 5.91 Å². The monoisotopic (exact) mass is 251 g/mol. The van der Waals surface area contributed by atoms with Gasteiger partial charge >= 0.3 is 0 Å². The highest BCUT2D eigenvalue weighted by molar-refractivity contribution is 6.01. The number of hydrogen-bond acceptors (Lipinski definition) is 5. The molecule has 0 atom stereocenters. The Bertz CT molecular complexity index is 583. The summed E-state index contributed by atoms with van der Waals surface area (Å²) in [6, 6.07) is 3.98. The molecule has 0 aliphatic rings. The minimum absolute atomic E-state index is 0.0191. The molecule has 2 aromatic rings. The number of anilines is 2. The summed E-state index contributed by atoms with van der Waals surface area (Å²) in [5, 5.41) is 8.15. The maximum absolute atomic E-state index is 13.4. The average molecular weight is 251 g/mol. The van der Waals surface area contributed by atoms with Crippen molar-refractivity contribution >= 4 is 17.5 Å². The molecule has 0 aliphatic carbocycles. The third-order valence-corrected chi connectivity index (χ3v) is 2.14. The van der Waals surface area contributed by atoms with Gasteiger partial charge in [-0.1, -0.05) is 0 Å². The highest BCUT2D eigenvalue weighted by Gasteiger charge is 2.13. The molecule has 0 fully saturated rings. The quantitative estimate of drug-likeness (QED) is 0.747. The van der Waals surface area contributed by atoms with Crippen LogP contribution in [0.15, 0.2) is 18.2 Å². The van der Waals surface area contributed by atoms with Gasteiger partial charge in [0, 0.05) is 6.07 Å². The SMILES string of the molecule is COc1ccc(F)c(NC(=O)c2nc(N)n[nH]2)c1. The molecule has 0 saturated carbocycles. The number of H-pyrrole nitrogens is 1. The minimum Gasteiger partial charge on any atom is -0.497 e. The molecule has 4 N–H and O–H groups in total. The summed E-state index contributed by atoms with van der Waals surface area (Å²) in [6.45, 7) is 0. The maximum atomic E-state index is 13.4. The Morgan fingerprint density at radius 3 is 2.94 bits per heavy atom. The van der Waals surface area contributed by atoms with E-state index >= 15 is 0 Å². The van der Waals surface area contributed by atoms with Gasteiger partial charge in [-0.05, 0) is 12.1 Å². The molecule has 0 unspecified atom stereocenters. The van der Waals surface area contributed by atoms with Gasteiger partial charge in [0.15, 0.2) is 0 Å². The summed E-state index contributed by atoms with van der Waals surface area (Å²) in [5.41, 5.74) is 5.24. The van der Waals surface area contributed by atoms with Crippen LogP contribution in [0.3, 0.4) is 0 Å². The van der Waals surface area contributed by atoms with Crippen molar-refractivity contribution < 1.29 is 13.9 Å². The number of aromatic nitrogens is 3. The smallest absolute Gasteiger partial charge is 0.293 e. The molecule has 0 spiro atoms. The van der Waals surface area contributed by atoms with Crippen molar-refractivity contribution in [2.24, 2.45) is 0 Å². The molecule has 1 heterocycles. The van der Waals surface area contributed by atoms with Crippen LogP contribution < -0.4 is 15.8 Å². The first-order valence-electron chi connectivity index (χ1n) is 4.93. The first kappa shape index (κ1) is 11.8. The Morgan fingerprint density at radius 1 is 1.56 bits per heavy atom. The fourth-order valence-corrected chi connectivity index (χ4v) is 1.28. The lowest BCUT2D eigenvalue weighted by atomic mass is 10.3. The normalized spacial score (nSPS) is 10.1. The first-order chi connectivity index (χ1) is 8.60. The lowest BCUT2D eigenvalue weighted by Gasteiger charge is -2.06. The number of carbonyl (C=O) groups excluding carboxylic acids is 1. The minimum atomic E-state index is -0.647. The topological polar surface area (TPSA) is 106 Å². The van der Waals surface area contributed by atoms with Gasteiger partial charge in [0.1, 0.15) is 11.6 Å². The maximum Gasteiger partial charge on any atom is 0.293 e. The van der Waals surface area contributed by atoms with Crippen LogP contribution in [0.5, 0.6) is 5.75 Å². The van der Waals surface area contributed by atoms with Gasteiger partial charge in [0.2, 0.25) is 11.8 Å². The van der Waals surface area contributed by atoms with Crippen LogP contribution in [0, 0.1) is 5.82 Å². The molecular weight excluding hydrogens is 241 g/mol. The number of nitrogens with one attached hydrogen (secondary N) is 2. The van der Waals surface area contributed by atoms with Crippen molar-refractivity contribution in [3.8, 4) is 5.75 Å². The number of rotatable bonds is 3. The summed E-state index contributed by atoms with van der Waals surface area (Å²) in [5.74, 6) is -0.979. The van der Waals surface area contributed by atoms with Gasteiger partial charge in [-0.2, -0.15) is 4.98 Å². The number of nitrogens with zero attached hydrogens (tertiary/aromatic N) is 2. The van der Waals surface area contributed by atoms with Gasteiger partial charge in [-0.25, -0.2) is 4.39 Å². The number of aromatic amines is 1. The van der Waals surface area contributed by atoms with Gasteiger partial charge < -0.3 is 15.8 Å². The summed E-state index contributed by atoms with van der Waals surface area (Å²) in [4.78, 5) is 15.3. The zero-order chi connectivity index (χ0) is 13.1. The van der Waals surface area contributed by atoms with Crippen LogP contribution in [-0.4, -0.2) is 28.2 Å². The van der Waals surface area contributed by atoms with E-state index in [-0.39, 0.29) is 17.5 Å². The molecule has 0 radical (unpaired) electrons. The zero-order valence-electron chi connectivity index (χ0n) is 9.40. The van der Waals surface area contributed by atoms with Crippen molar-refractivity contribution in [2.75, 3.05) is 18.2 Å². The van der Waals surface area contributed by atoms with Crippen LogP contribution in [-0.2, 0) is 0 Å². The van der Waals surface area contributed by atoms with Crippen LogP contribution in [0.25, 0.3) is 0 Å². The van der Waals surface area contributed by atoms with Crippen molar-refractivity contribution in [1.29, 1.82) is 0 Å². The van der Waals surface area contributed by atoms with Crippen molar-refractivity contribution in [3.63, 3.8) is 0 Å².